The van der Waals surface area contributed by atoms with Crippen molar-refractivity contribution in [1.82, 2.24) is 0 Å². The first kappa shape index (κ1) is 13.1. The van der Waals surface area contributed by atoms with Gasteiger partial charge in [0.25, 0.3) is 0 Å². The maximum Gasteiger partial charge on any atom is 0.165 e. The van der Waals surface area contributed by atoms with Crippen LogP contribution in [-0.4, -0.2) is 5.78 Å². The average Bonchev–Trinajstić information content (AvgIpc) is 2.40. The summed E-state index contributed by atoms with van der Waals surface area (Å²) in [4.78, 5) is 11.2. The fourth-order valence-electron chi connectivity index (χ4n) is 1.72. The van der Waals surface area contributed by atoms with Crippen molar-refractivity contribution < 1.29 is 13.9 Å². The minimum atomic E-state index is -0.588. The first-order valence-corrected chi connectivity index (χ1v) is 5.84. The van der Waals surface area contributed by atoms with E-state index in [1.807, 2.05) is 30.3 Å². The van der Waals surface area contributed by atoms with E-state index in [4.69, 9.17) is 10.5 Å². The SMILES string of the molecule is CC(=O)c1cc(F)c(OCc2ccccc2)cc1N. The summed E-state index contributed by atoms with van der Waals surface area (Å²) in [7, 11) is 0. The van der Waals surface area contributed by atoms with Gasteiger partial charge in [-0.25, -0.2) is 4.39 Å². The predicted molar refractivity (Wildman–Crippen MR) is 71.6 cm³/mol. The zero-order valence-corrected chi connectivity index (χ0v) is 10.5. The number of hydrogen-bond acceptors (Lipinski definition) is 3. The van der Waals surface area contributed by atoms with Gasteiger partial charge in [-0.15, -0.1) is 0 Å². The van der Waals surface area contributed by atoms with Crippen LogP contribution in [0.25, 0.3) is 0 Å². The lowest BCUT2D eigenvalue weighted by molar-refractivity contribution is 0.101. The van der Waals surface area contributed by atoms with Gasteiger partial charge in [-0.05, 0) is 18.6 Å². The van der Waals surface area contributed by atoms with Crippen molar-refractivity contribution in [3.8, 4) is 5.75 Å². The summed E-state index contributed by atoms with van der Waals surface area (Å²) in [6.07, 6.45) is 0. The number of carbonyl (C=O) groups is 1. The van der Waals surface area contributed by atoms with E-state index in [9.17, 15) is 9.18 Å². The second-order valence-corrected chi connectivity index (χ2v) is 4.20. The molecule has 0 aromatic heterocycles. The summed E-state index contributed by atoms with van der Waals surface area (Å²) in [6.45, 7) is 1.59. The van der Waals surface area contributed by atoms with Crippen LogP contribution in [0.3, 0.4) is 0 Å². The van der Waals surface area contributed by atoms with E-state index in [-0.39, 0.29) is 29.4 Å². The van der Waals surface area contributed by atoms with Gasteiger partial charge in [0, 0.05) is 17.3 Å². The highest BCUT2D eigenvalue weighted by Crippen LogP contribution is 2.25. The molecule has 0 bridgehead atoms. The highest BCUT2D eigenvalue weighted by molar-refractivity contribution is 5.99. The van der Waals surface area contributed by atoms with Crippen molar-refractivity contribution in [2.75, 3.05) is 5.73 Å². The van der Waals surface area contributed by atoms with Gasteiger partial charge < -0.3 is 10.5 Å². The molecule has 0 amide bonds. The molecule has 0 saturated heterocycles. The van der Waals surface area contributed by atoms with Crippen LogP contribution in [0.15, 0.2) is 42.5 Å². The molecule has 0 heterocycles. The molecule has 0 atom stereocenters. The number of anilines is 1. The third-order valence-electron chi connectivity index (χ3n) is 2.72. The van der Waals surface area contributed by atoms with Gasteiger partial charge in [0.15, 0.2) is 17.3 Å². The molecular weight excluding hydrogens is 245 g/mol. The fraction of sp³-hybridized carbons (Fsp3) is 0.133. The monoisotopic (exact) mass is 259 g/mol. The number of ether oxygens (including phenoxy) is 1. The van der Waals surface area contributed by atoms with Gasteiger partial charge in [0.05, 0.1) is 0 Å². The standard InChI is InChI=1S/C15H14FNO2/c1-10(18)12-7-13(16)15(8-14(12)17)19-9-11-5-3-2-4-6-11/h2-8H,9,17H2,1H3. The molecule has 0 spiro atoms. The van der Waals surface area contributed by atoms with E-state index in [0.717, 1.165) is 11.6 Å². The molecule has 2 aromatic carbocycles. The third kappa shape index (κ3) is 3.10. The Balaban J connectivity index is 2.17. The molecule has 2 aromatic rings. The molecule has 0 fully saturated rings. The molecule has 0 aliphatic carbocycles. The predicted octanol–water partition coefficient (Wildman–Crippen LogP) is 3.19. The summed E-state index contributed by atoms with van der Waals surface area (Å²) in [6, 6.07) is 11.9. The zero-order valence-electron chi connectivity index (χ0n) is 10.5. The van der Waals surface area contributed by atoms with Gasteiger partial charge in [-0.3, -0.25) is 4.79 Å². The van der Waals surface area contributed by atoms with Crippen LogP contribution in [0.5, 0.6) is 5.75 Å². The van der Waals surface area contributed by atoms with E-state index in [2.05, 4.69) is 0 Å². The molecule has 0 radical (unpaired) electrons. The Morgan fingerprint density at radius 1 is 1.26 bits per heavy atom. The van der Waals surface area contributed by atoms with E-state index in [0.29, 0.717) is 0 Å². The molecule has 0 unspecified atom stereocenters. The van der Waals surface area contributed by atoms with Crippen molar-refractivity contribution in [2.24, 2.45) is 0 Å². The molecule has 4 heteroatoms. The van der Waals surface area contributed by atoms with Crippen LogP contribution in [0.2, 0.25) is 0 Å². The Hall–Kier alpha value is -2.36. The van der Waals surface area contributed by atoms with Gasteiger partial charge in [-0.1, -0.05) is 30.3 Å². The highest BCUT2D eigenvalue weighted by atomic mass is 19.1. The number of rotatable bonds is 4. The van der Waals surface area contributed by atoms with Crippen LogP contribution in [-0.2, 0) is 6.61 Å². The highest BCUT2D eigenvalue weighted by Gasteiger charge is 2.12. The van der Waals surface area contributed by atoms with Crippen LogP contribution < -0.4 is 10.5 Å². The van der Waals surface area contributed by atoms with Crippen molar-refractivity contribution in [3.63, 3.8) is 0 Å². The smallest absolute Gasteiger partial charge is 0.165 e. The third-order valence-corrected chi connectivity index (χ3v) is 2.72. The maximum absolute atomic E-state index is 13.8. The van der Waals surface area contributed by atoms with Crippen molar-refractivity contribution >= 4 is 11.5 Å². The quantitative estimate of drug-likeness (QED) is 0.677. The zero-order chi connectivity index (χ0) is 13.8. The van der Waals surface area contributed by atoms with Crippen LogP contribution in [0.1, 0.15) is 22.8 Å². The number of nitrogen functional groups attached to an aromatic ring is 1. The summed E-state index contributed by atoms with van der Waals surface area (Å²) in [5.74, 6) is -0.812. The normalized spacial score (nSPS) is 10.2. The summed E-state index contributed by atoms with van der Waals surface area (Å²) in [5.41, 5.74) is 7.01. The van der Waals surface area contributed by atoms with Crippen molar-refractivity contribution in [3.05, 3.63) is 59.4 Å². The Labute approximate surface area is 110 Å². The molecule has 0 saturated carbocycles. The second-order valence-electron chi connectivity index (χ2n) is 4.20. The van der Waals surface area contributed by atoms with Crippen LogP contribution in [0.4, 0.5) is 10.1 Å². The number of nitrogens with two attached hydrogens (primary N) is 1. The first-order valence-electron chi connectivity index (χ1n) is 5.84. The molecule has 19 heavy (non-hydrogen) atoms. The maximum atomic E-state index is 13.8. The second kappa shape index (κ2) is 5.52. The van der Waals surface area contributed by atoms with Crippen LogP contribution >= 0.6 is 0 Å². The van der Waals surface area contributed by atoms with Gasteiger partial charge in [-0.2, -0.15) is 0 Å². The van der Waals surface area contributed by atoms with Gasteiger partial charge in [0.1, 0.15) is 6.61 Å². The minimum Gasteiger partial charge on any atom is -0.486 e. The van der Waals surface area contributed by atoms with Crippen molar-refractivity contribution in [1.29, 1.82) is 0 Å². The number of halogens is 1. The first-order chi connectivity index (χ1) is 9.08. The van der Waals surface area contributed by atoms with E-state index in [1.54, 1.807) is 0 Å². The Kier molecular flexibility index (Phi) is 3.80. The Bertz CT molecular complexity index is 597. The largest absolute Gasteiger partial charge is 0.486 e. The lowest BCUT2D eigenvalue weighted by atomic mass is 10.1. The number of Topliss-reactive ketones (excluding diaryl/α,β-unsaturated/α-hetero) is 1. The van der Waals surface area contributed by atoms with Crippen molar-refractivity contribution in [2.45, 2.75) is 13.5 Å². The van der Waals surface area contributed by atoms with Gasteiger partial charge >= 0.3 is 0 Å². The molecular formula is C15H14FNO2. The summed E-state index contributed by atoms with van der Waals surface area (Å²) in [5, 5.41) is 0. The lowest BCUT2D eigenvalue weighted by Gasteiger charge is -2.10. The number of benzene rings is 2. The minimum absolute atomic E-state index is 0.0475. The Morgan fingerprint density at radius 3 is 2.58 bits per heavy atom. The van der Waals surface area contributed by atoms with Crippen LogP contribution in [0, 0.1) is 5.82 Å². The molecule has 3 nitrogen and oxygen atoms in total. The molecule has 98 valence electrons. The number of ketones is 1. The average molecular weight is 259 g/mol. The van der Waals surface area contributed by atoms with E-state index < -0.39 is 5.82 Å². The topological polar surface area (TPSA) is 52.3 Å². The van der Waals surface area contributed by atoms with E-state index >= 15 is 0 Å². The summed E-state index contributed by atoms with van der Waals surface area (Å²) < 4.78 is 19.1. The van der Waals surface area contributed by atoms with Gasteiger partial charge in [0.2, 0.25) is 0 Å². The molecule has 0 aliphatic rings. The molecule has 0 aliphatic heterocycles. The fourth-order valence-corrected chi connectivity index (χ4v) is 1.72. The summed E-state index contributed by atoms with van der Waals surface area (Å²) >= 11 is 0. The Morgan fingerprint density at radius 2 is 1.95 bits per heavy atom. The number of hydrogen-bond donors (Lipinski definition) is 1. The van der Waals surface area contributed by atoms with E-state index in [1.165, 1.54) is 13.0 Å². The lowest BCUT2D eigenvalue weighted by Crippen LogP contribution is -2.04. The number of carbonyl (C=O) groups excluding carboxylic acids is 1. The molecule has 2 rings (SSSR count). The molecule has 2 N–H and O–H groups in total.